The first kappa shape index (κ1) is 13.2. The van der Waals surface area contributed by atoms with E-state index in [1.54, 1.807) is 0 Å². The molecule has 0 spiro atoms. The number of anilines is 1. The predicted octanol–water partition coefficient (Wildman–Crippen LogP) is 4.11. The Hall–Kier alpha value is -1.77. The van der Waals surface area contributed by atoms with Gasteiger partial charge in [0.15, 0.2) is 0 Å². The summed E-state index contributed by atoms with van der Waals surface area (Å²) in [6.07, 6.45) is 9.60. The molecule has 3 unspecified atom stereocenters. The molecule has 1 aliphatic rings. The van der Waals surface area contributed by atoms with E-state index in [1.807, 2.05) is 23.3 Å². The molecule has 0 saturated heterocycles. The van der Waals surface area contributed by atoms with Crippen molar-refractivity contribution in [3.05, 3.63) is 43.0 Å². The number of hydrogen-bond acceptors (Lipinski definition) is 2. The van der Waals surface area contributed by atoms with Crippen LogP contribution in [-0.2, 0) is 0 Å². The van der Waals surface area contributed by atoms with E-state index < -0.39 is 0 Å². The molecule has 3 heteroatoms. The number of rotatable bonds is 3. The molecule has 20 heavy (non-hydrogen) atoms. The van der Waals surface area contributed by atoms with Gasteiger partial charge in [-0.05, 0) is 42.9 Å². The average Bonchev–Trinajstić information content (AvgIpc) is 2.97. The van der Waals surface area contributed by atoms with Crippen molar-refractivity contribution in [1.29, 1.82) is 0 Å². The SMILES string of the molecule is CC1CCC(C)C(Nc2cccc(-n3ccnc3)c2)C1. The number of benzene rings is 1. The van der Waals surface area contributed by atoms with Crippen LogP contribution in [0, 0.1) is 11.8 Å². The number of hydrogen-bond donors (Lipinski definition) is 1. The van der Waals surface area contributed by atoms with Gasteiger partial charge in [-0.25, -0.2) is 4.98 Å². The highest BCUT2D eigenvalue weighted by Crippen LogP contribution is 2.31. The Bertz CT molecular complexity index is 547. The van der Waals surface area contributed by atoms with Crippen LogP contribution in [0.3, 0.4) is 0 Å². The Morgan fingerprint density at radius 2 is 2.15 bits per heavy atom. The average molecular weight is 269 g/mol. The zero-order chi connectivity index (χ0) is 13.9. The third kappa shape index (κ3) is 2.87. The van der Waals surface area contributed by atoms with Gasteiger partial charge < -0.3 is 9.88 Å². The lowest BCUT2D eigenvalue weighted by atomic mass is 9.80. The largest absolute Gasteiger partial charge is 0.382 e. The Kier molecular flexibility index (Phi) is 3.77. The lowest BCUT2D eigenvalue weighted by Gasteiger charge is -2.34. The van der Waals surface area contributed by atoms with Crippen LogP contribution in [0.15, 0.2) is 43.0 Å². The quantitative estimate of drug-likeness (QED) is 0.908. The summed E-state index contributed by atoms with van der Waals surface area (Å²) < 4.78 is 2.04. The molecule has 0 bridgehead atoms. The van der Waals surface area contributed by atoms with Crippen molar-refractivity contribution in [2.24, 2.45) is 11.8 Å². The Morgan fingerprint density at radius 3 is 2.95 bits per heavy atom. The first-order valence-corrected chi connectivity index (χ1v) is 7.57. The van der Waals surface area contributed by atoms with Crippen LogP contribution in [0.2, 0.25) is 0 Å². The third-order valence-corrected chi connectivity index (χ3v) is 4.46. The molecule has 1 saturated carbocycles. The number of aromatic nitrogens is 2. The van der Waals surface area contributed by atoms with Gasteiger partial charge in [-0.3, -0.25) is 0 Å². The normalized spacial score (nSPS) is 26.4. The fourth-order valence-electron chi connectivity index (χ4n) is 3.12. The van der Waals surface area contributed by atoms with Gasteiger partial charge in [0.2, 0.25) is 0 Å². The molecule has 106 valence electrons. The lowest BCUT2D eigenvalue weighted by molar-refractivity contribution is 0.281. The second-order valence-electron chi connectivity index (χ2n) is 6.17. The molecule has 3 rings (SSSR count). The maximum atomic E-state index is 4.11. The van der Waals surface area contributed by atoms with Gasteiger partial charge in [0, 0.05) is 29.8 Å². The summed E-state index contributed by atoms with van der Waals surface area (Å²) in [6, 6.07) is 9.17. The van der Waals surface area contributed by atoms with Crippen molar-refractivity contribution in [2.75, 3.05) is 5.32 Å². The van der Waals surface area contributed by atoms with E-state index >= 15 is 0 Å². The van der Waals surface area contributed by atoms with E-state index in [0.29, 0.717) is 6.04 Å². The van der Waals surface area contributed by atoms with Crippen LogP contribution in [0.5, 0.6) is 0 Å². The molecule has 2 aromatic rings. The maximum Gasteiger partial charge on any atom is 0.0991 e. The van der Waals surface area contributed by atoms with Crippen molar-refractivity contribution >= 4 is 5.69 Å². The summed E-state index contributed by atoms with van der Waals surface area (Å²) >= 11 is 0. The van der Waals surface area contributed by atoms with Gasteiger partial charge in [-0.2, -0.15) is 0 Å². The predicted molar refractivity (Wildman–Crippen MR) is 83.2 cm³/mol. The van der Waals surface area contributed by atoms with Crippen LogP contribution >= 0.6 is 0 Å². The molecule has 3 nitrogen and oxygen atoms in total. The minimum atomic E-state index is 0.594. The van der Waals surface area contributed by atoms with Crippen LogP contribution in [-0.4, -0.2) is 15.6 Å². The van der Waals surface area contributed by atoms with Crippen molar-refractivity contribution in [3.8, 4) is 5.69 Å². The van der Waals surface area contributed by atoms with E-state index in [9.17, 15) is 0 Å². The first-order valence-electron chi connectivity index (χ1n) is 7.57. The van der Waals surface area contributed by atoms with Gasteiger partial charge in [0.1, 0.15) is 0 Å². The standard InChI is InChI=1S/C17H23N3/c1-13-6-7-14(2)17(10-13)19-15-4-3-5-16(11-15)20-9-8-18-12-20/h3-5,8-9,11-14,17,19H,6-7,10H2,1-2H3. The van der Waals surface area contributed by atoms with E-state index in [2.05, 4.69) is 48.4 Å². The summed E-state index contributed by atoms with van der Waals surface area (Å²) in [5, 5.41) is 3.73. The van der Waals surface area contributed by atoms with Gasteiger partial charge in [0.25, 0.3) is 0 Å². The minimum Gasteiger partial charge on any atom is -0.382 e. The van der Waals surface area contributed by atoms with Crippen LogP contribution in [0.25, 0.3) is 5.69 Å². The smallest absolute Gasteiger partial charge is 0.0991 e. The highest BCUT2D eigenvalue weighted by atomic mass is 15.0. The van der Waals surface area contributed by atoms with Gasteiger partial charge in [-0.1, -0.05) is 26.3 Å². The first-order chi connectivity index (χ1) is 9.72. The van der Waals surface area contributed by atoms with E-state index in [-0.39, 0.29) is 0 Å². The molecule has 3 atom stereocenters. The summed E-state index contributed by atoms with van der Waals surface area (Å²) in [5.74, 6) is 1.59. The third-order valence-electron chi connectivity index (χ3n) is 4.46. The number of nitrogens with zero attached hydrogens (tertiary/aromatic N) is 2. The minimum absolute atomic E-state index is 0.594. The van der Waals surface area contributed by atoms with Crippen molar-refractivity contribution in [3.63, 3.8) is 0 Å². The van der Waals surface area contributed by atoms with Crippen LogP contribution in [0.1, 0.15) is 33.1 Å². The molecule has 0 amide bonds. The maximum absolute atomic E-state index is 4.11. The summed E-state index contributed by atoms with van der Waals surface area (Å²) in [5.41, 5.74) is 2.37. The monoisotopic (exact) mass is 269 g/mol. The van der Waals surface area contributed by atoms with Crippen LogP contribution < -0.4 is 5.32 Å². The molecule has 1 heterocycles. The van der Waals surface area contributed by atoms with Crippen LogP contribution in [0.4, 0.5) is 5.69 Å². The van der Waals surface area contributed by atoms with Crippen molar-refractivity contribution in [2.45, 2.75) is 39.2 Å². The fourth-order valence-corrected chi connectivity index (χ4v) is 3.12. The second kappa shape index (κ2) is 5.70. The molecule has 1 aliphatic carbocycles. The summed E-state index contributed by atoms with van der Waals surface area (Å²) in [4.78, 5) is 4.11. The van der Waals surface area contributed by atoms with Gasteiger partial charge in [0.05, 0.1) is 6.33 Å². The van der Waals surface area contributed by atoms with Crippen molar-refractivity contribution < 1.29 is 0 Å². The fraction of sp³-hybridized carbons (Fsp3) is 0.471. The van der Waals surface area contributed by atoms with Gasteiger partial charge in [-0.15, -0.1) is 0 Å². The Labute approximate surface area is 121 Å². The molecular formula is C17H23N3. The lowest BCUT2D eigenvalue weighted by Crippen LogP contribution is -2.33. The molecule has 1 N–H and O–H groups in total. The van der Waals surface area contributed by atoms with E-state index in [4.69, 9.17) is 0 Å². The number of nitrogens with one attached hydrogen (secondary N) is 1. The van der Waals surface area contributed by atoms with E-state index in [0.717, 1.165) is 17.5 Å². The molecular weight excluding hydrogens is 246 g/mol. The zero-order valence-corrected chi connectivity index (χ0v) is 12.3. The summed E-state index contributed by atoms with van der Waals surface area (Å²) in [6.45, 7) is 4.73. The highest BCUT2D eigenvalue weighted by molar-refractivity contribution is 5.51. The topological polar surface area (TPSA) is 29.9 Å². The van der Waals surface area contributed by atoms with E-state index in [1.165, 1.54) is 24.9 Å². The Balaban J connectivity index is 1.76. The number of imidazole rings is 1. The molecule has 1 aromatic heterocycles. The molecule has 1 fully saturated rings. The molecule has 0 aliphatic heterocycles. The van der Waals surface area contributed by atoms with Gasteiger partial charge >= 0.3 is 0 Å². The summed E-state index contributed by atoms with van der Waals surface area (Å²) in [7, 11) is 0. The molecule has 1 aromatic carbocycles. The Morgan fingerprint density at radius 1 is 1.25 bits per heavy atom. The van der Waals surface area contributed by atoms with Crippen molar-refractivity contribution in [1.82, 2.24) is 9.55 Å². The highest BCUT2D eigenvalue weighted by Gasteiger charge is 2.25. The zero-order valence-electron chi connectivity index (χ0n) is 12.3. The second-order valence-corrected chi connectivity index (χ2v) is 6.17. The molecule has 0 radical (unpaired) electrons.